The van der Waals surface area contributed by atoms with Crippen LogP contribution in [0, 0.1) is 37.9 Å². The van der Waals surface area contributed by atoms with Gasteiger partial charge in [0.25, 0.3) is 0 Å². The second-order valence-electron chi connectivity index (χ2n) is 5.07. The zero-order chi connectivity index (χ0) is 15.9. The number of nitrogens with zero attached hydrogens (tertiary/aromatic N) is 4. The van der Waals surface area contributed by atoms with Crippen molar-refractivity contribution in [1.29, 1.82) is 5.26 Å². The monoisotopic (exact) mass is 296 g/mol. The summed E-state index contributed by atoms with van der Waals surface area (Å²) in [6.07, 6.45) is 0. The van der Waals surface area contributed by atoms with E-state index in [1.54, 1.807) is 12.1 Å². The van der Waals surface area contributed by atoms with Gasteiger partial charge in [-0.05, 0) is 39.0 Å². The zero-order valence-electron chi connectivity index (χ0n) is 12.4. The molecule has 2 aromatic heterocycles. The molecular weight excluding hydrogens is 283 g/mol. The molecule has 0 atom stereocenters. The molecule has 0 spiro atoms. The summed E-state index contributed by atoms with van der Waals surface area (Å²) in [5.74, 6) is 0.109. The van der Waals surface area contributed by atoms with Crippen LogP contribution in [0.4, 0.5) is 4.39 Å². The first-order valence-corrected chi connectivity index (χ1v) is 6.71. The Kier molecular flexibility index (Phi) is 3.26. The molecule has 2 heterocycles. The Bertz CT molecular complexity index is 901. The van der Waals surface area contributed by atoms with Crippen LogP contribution < -0.4 is 0 Å². The van der Waals surface area contributed by atoms with E-state index >= 15 is 0 Å². The molecule has 0 aliphatic rings. The van der Waals surface area contributed by atoms with E-state index in [0.717, 1.165) is 22.6 Å². The second-order valence-corrected chi connectivity index (χ2v) is 5.07. The predicted molar refractivity (Wildman–Crippen MR) is 77.9 cm³/mol. The highest BCUT2D eigenvalue weighted by molar-refractivity contribution is 5.64. The highest BCUT2D eigenvalue weighted by Gasteiger charge is 2.19. The van der Waals surface area contributed by atoms with Gasteiger partial charge in [0.1, 0.15) is 11.5 Å². The smallest absolute Gasteiger partial charge is 0.170 e. The van der Waals surface area contributed by atoms with E-state index in [-0.39, 0.29) is 5.56 Å². The van der Waals surface area contributed by atoms with Crippen molar-refractivity contribution in [2.24, 2.45) is 0 Å². The minimum Gasteiger partial charge on any atom is -0.356 e. The van der Waals surface area contributed by atoms with Crippen molar-refractivity contribution >= 4 is 0 Å². The number of hydrogen-bond donors (Lipinski definition) is 0. The minimum atomic E-state index is -0.495. The summed E-state index contributed by atoms with van der Waals surface area (Å²) >= 11 is 0. The minimum absolute atomic E-state index is 0.272. The summed E-state index contributed by atoms with van der Waals surface area (Å²) in [6, 6.07) is 8.03. The summed E-state index contributed by atoms with van der Waals surface area (Å²) in [4.78, 5) is 0. The summed E-state index contributed by atoms with van der Waals surface area (Å²) < 4.78 is 21.0. The molecule has 3 aromatic rings. The average Bonchev–Trinajstić information content (AvgIpc) is 3.02. The van der Waals surface area contributed by atoms with E-state index in [0.29, 0.717) is 11.4 Å². The van der Waals surface area contributed by atoms with Crippen molar-refractivity contribution in [3.63, 3.8) is 0 Å². The van der Waals surface area contributed by atoms with Gasteiger partial charge in [-0.1, -0.05) is 5.16 Å². The van der Waals surface area contributed by atoms with Crippen molar-refractivity contribution in [1.82, 2.24) is 14.9 Å². The molecule has 0 aliphatic carbocycles. The lowest BCUT2D eigenvalue weighted by Crippen LogP contribution is -2.02. The zero-order valence-corrected chi connectivity index (χ0v) is 12.4. The number of aryl methyl sites for hydroxylation is 2. The Hall–Kier alpha value is -2.94. The van der Waals surface area contributed by atoms with Crippen LogP contribution >= 0.6 is 0 Å². The van der Waals surface area contributed by atoms with Gasteiger partial charge in [0, 0.05) is 6.07 Å². The second kappa shape index (κ2) is 5.11. The maximum absolute atomic E-state index is 14.2. The van der Waals surface area contributed by atoms with E-state index in [2.05, 4.69) is 10.3 Å². The molecule has 5 nitrogen and oxygen atoms in total. The van der Waals surface area contributed by atoms with Crippen molar-refractivity contribution in [3.8, 4) is 23.1 Å². The molecule has 1 aromatic carbocycles. The Balaban J connectivity index is 2.16. The molecule has 3 rings (SSSR count). The topological polar surface area (TPSA) is 67.6 Å². The molecule has 22 heavy (non-hydrogen) atoms. The maximum Gasteiger partial charge on any atom is 0.170 e. The SMILES string of the molecule is Cc1cc(-c2c(C)nn(-c3ccc(C#N)cc3F)c2C)on1. The van der Waals surface area contributed by atoms with E-state index in [4.69, 9.17) is 9.78 Å². The fraction of sp³-hybridized carbons (Fsp3) is 0.188. The number of hydrogen-bond acceptors (Lipinski definition) is 4. The van der Waals surface area contributed by atoms with Gasteiger partial charge in [-0.15, -0.1) is 0 Å². The van der Waals surface area contributed by atoms with E-state index in [9.17, 15) is 4.39 Å². The molecule has 0 saturated heterocycles. The van der Waals surface area contributed by atoms with Gasteiger partial charge in [-0.25, -0.2) is 9.07 Å². The quantitative estimate of drug-likeness (QED) is 0.726. The van der Waals surface area contributed by atoms with Crippen LogP contribution in [0.15, 0.2) is 28.8 Å². The molecule has 0 saturated carbocycles. The third kappa shape index (κ3) is 2.17. The van der Waals surface area contributed by atoms with Crippen LogP contribution in [0.5, 0.6) is 0 Å². The average molecular weight is 296 g/mol. The van der Waals surface area contributed by atoms with Gasteiger partial charge in [0.15, 0.2) is 5.76 Å². The van der Waals surface area contributed by atoms with Crippen LogP contribution in [0.3, 0.4) is 0 Å². The van der Waals surface area contributed by atoms with Gasteiger partial charge in [0.2, 0.25) is 0 Å². The molecular formula is C16H13FN4O. The van der Waals surface area contributed by atoms with Crippen molar-refractivity contribution in [3.05, 3.63) is 52.7 Å². The summed E-state index contributed by atoms with van der Waals surface area (Å²) in [5.41, 5.74) is 3.60. The van der Waals surface area contributed by atoms with Crippen LogP contribution in [-0.2, 0) is 0 Å². The first-order chi connectivity index (χ1) is 10.5. The standard InChI is InChI=1S/C16H13FN4O/c1-9-6-15(22-20-9)16-10(2)19-21(11(16)3)14-5-4-12(8-18)7-13(14)17/h4-7H,1-3H3. The molecule has 0 radical (unpaired) electrons. The fourth-order valence-electron chi connectivity index (χ4n) is 2.46. The van der Waals surface area contributed by atoms with Gasteiger partial charge in [-0.3, -0.25) is 0 Å². The lowest BCUT2D eigenvalue weighted by Gasteiger charge is -2.06. The Morgan fingerprint density at radius 1 is 1.23 bits per heavy atom. The van der Waals surface area contributed by atoms with Gasteiger partial charge in [0.05, 0.1) is 34.3 Å². The van der Waals surface area contributed by atoms with Gasteiger partial charge < -0.3 is 4.52 Å². The van der Waals surface area contributed by atoms with Crippen molar-refractivity contribution in [2.75, 3.05) is 0 Å². The highest BCUT2D eigenvalue weighted by atomic mass is 19.1. The fourth-order valence-corrected chi connectivity index (χ4v) is 2.46. The molecule has 6 heteroatoms. The molecule has 0 N–H and O–H groups in total. The normalized spacial score (nSPS) is 10.7. The number of benzene rings is 1. The number of rotatable bonds is 2. The Labute approximate surface area is 126 Å². The Morgan fingerprint density at radius 3 is 2.59 bits per heavy atom. The van der Waals surface area contributed by atoms with E-state index in [1.807, 2.05) is 32.9 Å². The molecule has 0 aliphatic heterocycles. The largest absolute Gasteiger partial charge is 0.356 e. The Morgan fingerprint density at radius 2 is 2.00 bits per heavy atom. The number of halogens is 1. The van der Waals surface area contributed by atoms with Gasteiger partial charge >= 0.3 is 0 Å². The molecule has 0 fully saturated rings. The summed E-state index contributed by atoms with van der Waals surface area (Å²) in [6.45, 7) is 5.51. The van der Waals surface area contributed by atoms with E-state index < -0.39 is 5.82 Å². The molecule has 110 valence electrons. The van der Waals surface area contributed by atoms with Crippen molar-refractivity contribution in [2.45, 2.75) is 20.8 Å². The first-order valence-electron chi connectivity index (χ1n) is 6.71. The van der Waals surface area contributed by atoms with Crippen molar-refractivity contribution < 1.29 is 8.91 Å². The lowest BCUT2D eigenvalue weighted by atomic mass is 10.1. The number of aromatic nitrogens is 3. The maximum atomic E-state index is 14.2. The van der Waals surface area contributed by atoms with Crippen LogP contribution in [0.25, 0.3) is 17.0 Å². The third-order valence-electron chi connectivity index (χ3n) is 3.47. The number of nitriles is 1. The molecule has 0 bridgehead atoms. The first kappa shape index (κ1) is 14.0. The van der Waals surface area contributed by atoms with Crippen LogP contribution in [0.2, 0.25) is 0 Å². The summed E-state index contributed by atoms with van der Waals surface area (Å²) in [7, 11) is 0. The third-order valence-corrected chi connectivity index (χ3v) is 3.47. The lowest BCUT2D eigenvalue weighted by molar-refractivity contribution is 0.426. The van der Waals surface area contributed by atoms with Crippen LogP contribution in [0.1, 0.15) is 22.6 Å². The van der Waals surface area contributed by atoms with Crippen LogP contribution in [-0.4, -0.2) is 14.9 Å². The predicted octanol–water partition coefficient (Wildman–Crippen LogP) is 3.46. The van der Waals surface area contributed by atoms with Gasteiger partial charge in [-0.2, -0.15) is 10.4 Å². The molecule has 0 amide bonds. The van der Waals surface area contributed by atoms with E-state index in [1.165, 1.54) is 10.7 Å². The molecule has 0 unspecified atom stereocenters. The summed E-state index contributed by atoms with van der Waals surface area (Å²) in [5, 5.41) is 17.1. The highest BCUT2D eigenvalue weighted by Crippen LogP contribution is 2.29.